The SMILES string of the molecule is CC[C@H]1O[C@H](C)[C@H](C)[C@@H](C)[C@@H]1O[C@@H]1O[C@@H](C)[C@@H](O)[C@H](C)[C@H]1C. The minimum Gasteiger partial charge on any atom is -0.390 e. The Bertz CT molecular complexity index is 359. The van der Waals surface area contributed by atoms with Crippen molar-refractivity contribution in [2.24, 2.45) is 23.7 Å². The van der Waals surface area contributed by atoms with Crippen LogP contribution < -0.4 is 0 Å². The molecule has 2 heterocycles. The molecule has 0 saturated carbocycles. The fourth-order valence-corrected chi connectivity index (χ4v) is 3.80. The zero-order valence-electron chi connectivity index (χ0n) is 15.2. The first-order valence-electron chi connectivity index (χ1n) is 8.92. The molecule has 1 N–H and O–H groups in total. The first kappa shape index (κ1) is 18.2. The molecule has 0 aromatic heterocycles. The largest absolute Gasteiger partial charge is 0.390 e. The first-order valence-corrected chi connectivity index (χ1v) is 8.92. The summed E-state index contributed by atoms with van der Waals surface area (Å²) in [5.41, 5.74) is 0. The molecule has 0 aromatic rings. The van der Waals surface area contributed by atoms with E-state index in [0.717, 1.165) is 6.42 Å². The number of ether oxygens (including phenoxy) is 3. The molecular formula is C18H34O4. The maximum Gasteiger partial charge on any atom is 0.161 e. The predicted octanol–water partition coefficient (Wildman–Crippen LogP) is 3.22. The molecule has 0 aromatic carbocycles. The Hall–Kier alpha value is -0.160. The molecule has 0 radical (unpaired) electrons. The standard InChI is InChI=1S/C18H34O4/c1-8-15-17(11(4)9(2)13(6)20-15)22-18-12(5)10(3)16(19)14(7)21-18/h9-19H,8H2,1-7H3/t9-,10-,11-,12-,13-,14+,15-,16+,17+,18+/m1/s1. The van der Waals surface area contributed by atoms with Gasteiger partial charge in [-0.25, -0.2) is 0 Å². The number of aliphatic hydroxyl groups is 1. The number of hydrogen-bond donors (Lipinski definition) is 1. The van der Waals surface area contributed by atoms with Gasteiger partial charge in [0.1, 0.15) is 0 Å². The Kier molecular flexibility index (Phi) is 5.92. The molecule has 0 spiro atoms. The highest BCUT2D eigenvalue weighted by molar-refractivity contribution is 4.89. The molecule has 0 bridgehead atoms. The van der Waals surface area contributed by atoms with E-state index in [9.17, 15) is 5.11 Å². The lowest BCUT2D eigenvalue weighted by Gasteiger charge is -2.48. The molecule has 2 saturated heterocycles. The van der Waals surface area contributed by atoms with E-state index >= 15 is 0 Å². The van der Waals surface area contributed by atoms with Gasteiger partial charge in [-0.05, 0) is 38.0 Å². The fourth-order valence-electron chi connectivity index (χ4n) is 3.80. The van der Waals surface area contributed by atoms with Gasteiger partial charge in [-0.2, -0.15) is 0 Å². The average Bonchev–Trinajstić information content (AvgIpc) is 2.50. The van der Waals surface area contributed by atoms with Gasteiger partial charge in [0.25, 0.3) is 0 Å². The molecule has 2 fully saturated rings. The van der Waals surface area contributed by atoms with Gasteiger partial charge in [-0.15, -0.1) is 0 Å². The van der Waals surface area contributed by atoms with E-state index in [1.54, 1.807) is 0 Å². The van der Waals surface area contributed by atoms with Crippen molar-refractivity contribution in [3.63, 3.8) is 0 Å². The van der Waals surface area contributed by atoms with Crippen LogP contribution in [0.1, 0.15) is 54.9 Å². The quantitative estimate of drug-likeness (QED) is 0.869. The summed E-state index contributed by atoms with van der Waals surface area (Å²) in [5.74, 6) is 1.24. The van der Waals surface area contributed by atoms with Gasteiger partial charge in [0.05, 0.1) is 30.5 Å². The lowest BCUT2D eigenvalue weighted by Crippen LogP contribution is -2.55. The molecule has 130 valence electrons. The zero-order chi connectivity index (χ0) is 16.6. The van der Waals surface area contributed by atoms with Crippen molar-refractivity contribution in [1.82, 2.24) is 0 Å². The third-order valence-corrected chi connectivity index (χ3v) is 6.16. The topological polar surface area (TPSA) is 47.9 Å². The molecule has 2 aliphatic rings. The molecule has 0 amide bonds. The molecule has 4 heteroatoms. The summed E-state index contributed by atoms with van der Waals surface area (Å²) in [6, 6.07) is 0. The molecule has 4 nitrogen and oxygen atoms in total. The van der Waals surface area contributed by atoms with Crippen molar-refractivity contribution < 1.29 is 19.3 Å². The van der Waals surface area contributed by atoms with E-state index in [2.05, 4.69) is 41.5 Å². The summed E-state index contributed by atoms with van der Waals surface area (Å²) >= 11 is 0. The van der Waals surface area contributed by atoms with Crippen LogP contribution in [0.3, 0.4) is 0 Å². The summed E-state index contributed by atoms with van der Waals surface area (Å²) in [4.78, 5) is 0. The van der Waals surface area contributed by atoms with E-state index in [-0.39, 0.29) is 42.5 Å². The molecule has 2 rings (SSSR count). The van der Waals surface area contributed by atoms with E-state index in [4.69, 9.17) is 14.2 Å². The summed E-state index contributed by atoms with van der Waals surface area (Å²) < 4.78 is 18.5. The maximum atomic E-state index is 10.2. The van der Waals surface area contributed by atoms with Crippen molar-refractivity contribution in [2.75, 3.05) is 0 Å². The van der Waals surface area contributed by atoms with Gasteiger partial charge >= 0.3 is 0 Å². The van der Waals surface area contributed by atoms with Gasteiger partial charge in [0, 0.05) is 5.92 Å². The minimum atomic E-state index is -0.421. The molecule has 0 unspecified atom stereocenters. The minimum absolute atomic E-state index is 0.0540. The third kappa shape index (κ3) is 3.35. The van der Waals surface area contributed by atoms with Gasteiger partial charge < -0.3 is 19.3 Å². The van der Waals surface area contributed by atoms with Crippen LogP contribution in [0.4, 0.5) is 0 Å². The predicted molar refractivity (Wildman–Crippen MR) is 86.5 cm³/mol. The summed E-state index contributed by atoms with van der Waals surface area (Å²) in [6.07, 6.45) is 0.514. The Morgan fingerprint density at radius 1 is 0.818 bits per heavy atom. The monoisotopic (exact) mass is 314 g/mol. The lowest BCUT2D eigenvalue weighted by atomic mass is 9.80. The van der Waals surface area contributed by atoms with Crippen molar-refractivity contribution in [2.45, 2.75) is 91.7 Å². The zero-order valence-corrected chi connectivity index (χ0v) is 15.2. The summed E-state index contributed by atoms with van der Waals surface area (Å²) in [6.45, 7) is 14.9. The maximum absolute atomic E-state index is 10.2. The van der Waals surface area contributed by atoms with Gasteiger partial charge in [-0.1, -0.05) is 34.6 Å². The second-order valence-corrected chi connectivity index (χ2v) is 7.53. The highest BCUT2D eigenvalue weighted by Crippen LogP contribution is 2.38. The molecular weight excluding hydrogens is 280 g/mol. The second kappa shape index (κ2) is 7.16. The smallest absolute Gasteiger partial charge is 0.161 e. The van der Waals surface area contributed by atoms with Crippen molar-refractivity contribution >= 4 is 0 Å². The molecule has 10 atom stereocenters. The Labute approximate surface area is 135 Å². The van der Waals surface area contributed by atoms with Crippen LogP contribution >= 0.6 is 0 Å². The second-order valence-electron chi connectivity index (χ2n) is 7.53. The van der Waals surface area contributed by atoms with Crippen LogP contribution in [0.15, 0.2) is 0 Å². The van der Waals surface area contributed by atoms with Crippen LogP contribution in [0.2, 0.25) is 0 Å². The van der Waals surface area contributed by atoms with Crippen LogP contribution in [-0.4, -0.2) is 41.9 Å². The Morgan fingerprint density at radius 2 is 1.45 bits per heavy atom. The van der Waals surface area contributed by atoms with Crippen molar-refractivity contribution in [3.8, 4) is 0 Å². The van der Waals surface area contributed by atoms with E-state index in [1.165, 1.54) is 0 Å². The molecule has 0 aliphatic carbocycles. The molecule has 22 heavy (non-hydrogen) atoms. The highest BCUT2D eigenvalue weighted by Gasteiger charge is 2.45. The van der Waals surface area contributed by atoms with Gasteiger partial charge in [0.2, 0.25) is 0 Å². The lowest BCUT2D eigenvalue weighted by molar-refractivity contribution is -0.304. The van der Waals surface area contributed by atoms with Crippen molar-refractivity contribution in [1.29, 1.82) is 0 Å². The summed E-state index contributed by atoms with van der Waals surface area (Å²) in [5, 5.41) is 10.2. The Morgan fingerprint density at radius 3 is 2.05 bits per heavy atom. The fraction of sp³-hybridized carbons (Fsp3) is 1.00. The first-order chi connectivity index (χ1) is 10.3. The van der Waals surface area contributed by atoms with E-state index < -0.39 is 6.10 Å². The Balaban J connectivity index is 2.10. The average molecular weight is 314 g/mol. The van der Waals surface area contributed by atoms with Crippen LogP contribution in [-0.2, 0) is 14.2 Å². The van der Waals surface area contributed by atoms with Crippen LogP contribution in [0, 0.1) is 23.7 Å². The number of rotatable bonds is 3. The van der Waals surface area contributed by atoms with Crippen LogP contribution in [0.5, 0.6) is 0 Å². The third-order valence-electron chi connectivity index (χ3n) is 6.16. The number of aliphatic hydroxyl groups excluding tert-OH is 1. The van der Waals surface area contributed by atoms with Gasteiger partial charge in [-0.3, -0.25) is 0 Å². The van der Waals surface area contributed by atoms with E-state index in [1.807, 2.05) is 6.92 Å². The molecule has 2 aliphatic heterocycles. The van der Waals surface area contributed by atoms with E-state index in [0.29, 0.717) is 11.8 Å². The highest BCUT2D eigenvalue weighted by atomic mass is 16.7. The van der Waals surface area contributed by atoms with Gasteiger partial charge in [0.15, 0.2) is 6.29 Å². The van der Waals surface area contributed by atoms with Crippen molar-refractivity contribution in [3.05, 3.63) is 0 Å². The summed E-state index contributed by atoms with van der Waals surface area (Å²) in [7, 11) is 0. The number of hydrogen-bond acceptors (Lipinski definition) is 4. The normalized spacial score (nSPS) is 53.5. The van der Waals surface area contributed by atoms with Crippen LogP contribution in [0.25, 0.3) is 0 Å².